The fraction of sp³-hybridized carbons (Fsp3) is 0.158. The van der Waals surface area contributed by atoms with E-state index in [-0.39, 0.29) is 11.2 Å². The molecule has 2 aromatic rings. The van der Waals surface area contributed by atoms with Crippen LogP contribution < -0.4 is 0 Å². The number of hydrogen-bond acceptors (Lipinski definition) is 2. The highest BCUT2D eigenvalue weighted by molar-refractivity contribution is 5.92. The average Bonchev–Trinajstić information content (AvgIpc) is 2.55. The highest BCUT2D eigenvalue weighted by Crippen LogP contribution is 2.41. The summed E-state index contributed by atoms with van der Waals surface area (Å²) in [5, 5.41) is 8.95. The minimum Gasteiger partial charge on any atom is -0.295 e. The molecule has 1 unspecified atom stereocenters. The maximum absolute atomic E-state index is 12.0. The summed E-state index contributed by atoms with van der Waals surface area (Å²) in [6.07, 6.45) is 4.90. The van der Waals surface area contributed by atoms with Crippen LogP contribution in [0.3, 0.4) is 0 Å². The van der Waals surface area contributed by atoms with Gasteiger partial charge in [0.1, 0.15) is 0 Å². The SMILES string of the molecule is N#Cc1ccc(C2(c3ccccc3)CC=CC(=O)C2)cc1. The lowest BCUT2D eigenvalue weighted by atomic mass is 9.67. The smallest absolute Gasteiger partial charge is 0.156 e. The van der Waals surface area contributed by atoms with E-state index in [2.05, 4.69) is 18.2 Å². The minimum absolute atomic E-state index is 0.148. The van der Waals surface area contributed by atoms with Crippen LogP contribution in [-0.2, 0) is 10.2 Å². The second-order valence-electron chi connectivity index (χ2n) is 5.39. The number of rotatable bonds is 2. The number of ketones is 1. The van der Waals surface area contributed by atoms with E-state index in [1.807, 2.05) is 48.5 Å². The van der Waals surface area contributed by atoms with E-state index in [1.54, 1.807) is 6.08 Å². The third-order valence-corrected chi connectivity index (χ3v) is 4.14. The molecule has 0 spiro atoms. The first-order valence-electron chi connectivity index (χ1n) is 7.00. The zero-order valence-electron chi connectivity index (χ0n) is 11.6. The Morgan fingerprint density at radius 1 is 0.952 bits per heavy atom. The quantitative estimate of drug-likeness (QED) is 0.835. The molecule has 0 bridgehead atoms. The van der Waals surface area contributed by atoms with E-state index < -0.39 is 0 Å². The van der Waals surface area contributed by atoms with Gasteiger partial charge in [-0.25, -0.2) is 0 Å². The summed E-state index contributed by atoms with van der Waals surface area (Å²) in [5.41, 5.74) is 2.55. The van der Waals surface area contributed by atoms with Crippen LogP contribution >= 0.6 is 0 Å². The van der Waals surface area contributed by atoms with E-state index in [1.165, 1.54) is 0 Å². The van der Waals surface area contributed by atoms with Crippen LogP contribution in [-0.4, -0.2) is 5.78 Å². The molecular weight excluding hydrogens is 258 g/mol. The molecule has 1 atom stereocenters. The fourth-order valence-electron chi connectivity index (χ4n) is 3.05. The third kappa shape index (κ3) is 2.39. The standard InChI is InChI=1S/C19H15NO/c20-14-15-8-10-17(11-9-15)19(12-4-7-18(21)13-19)16-5-2-1-3-6-16/h1-11H,12-13H2. The van der Waals surface area contributed by atoms with Gasteiger partial charge in [-0.3, -0.25) is 4.79 Å². The van der Waals surface area contributed by atoms with Gasteiger partial charge in [-0.1, -0.05) is 48.5 Å². The summed E-state index contributed by atoms with van der Waals surface area (Å²) >= 11 is 0. The number of nitriles is 1. The molecule has 0 amide bonds. The zero-order chi connectivity index (χ0) is 14.7. The van der Waals surface area contributed by atoms with Crippen molar-refractivity contribution >= 4 is 5.78 Å². The van der Waals surface area contributed by atoms with Crippen LogP contribution in [0.25, 0.3) is 0 Å². The molecule has 0 aliphatic heterocycles. The molecule has 0 heterocycles. The summed E-state index contributed by atoms with van der Waals surface area (Å²) in [4.78, 5) is 12.0. The predicted molar refractivity (Wildman–Crippen MR) is 81.8 cm³/mol. The van der Waals surface area contributed by atoms with Crippen LogP contribution in [0, 0.1) is 11.3 Å². The van der Waals surface area contributed by atoms with Gasteiger partial charge in [0.25, 0.3) is 0 Å². The van der Waals surface area contributed by atoms with Gasteiger partial charge in [0.15, 0.2) is 5.78 Å². The maximum atomic E-state index is 12.0. The van der Waals surface area contributed by atoms with E-state index in [0.29, 0.717) is 12.0 Å². The summed E-state index contributed by atoms with van der Waals surface area (Å²) in [6.45, 7) is 0. The molecular formula is C19H15NO. The lowest BCUT2D eigenvalue weighted by molar-refractivity contribution is -0.115. The van der Waals surface area contributed by atoms with Crippen LogP contribution in [0.15, 0.2) is 66.7 Å². The van der Waals surface area contributed by atoms with Crippen molar-refractivity contribution < 1.29 is 4.79 Å². The monoisotopic (exact) mass is 273 g/mol. The molecule has 0 saturated heterocycles. The maximum Gasteiger partial charge on any atom is 0.156 e. The fourth-order valence-corrected chi connectivity index (χ4v) is 3.05. The van der Waals surface area contributed by atoms with Crippen molar-refractivity contribution in [3.63, 3.8) is 0 Å². The largest absolute Gasteiger partial charge is 0.295 e. The molecule has 0 saturated carbocycles. The van der Waals surface area contributed by atoms with Crippen molar-refractivity contribution in [1.82, 2.24) is 0 Å². The minimum atomic E-state index is -0.318. The van der Waals surface area contributed by atoms with Crippen molar-refractivity contribution in [2.24, 2.45) is 0 Å². The van der Waals surface area contributed by atoms with Crippen molar-refractivity contribution in [3.05, 3.63) is 83.4 Å². The second kappa shape index (κ2) is 5.38. The Hall–Kier alpha value is -2.66. The van der Waals surface area contributed by atoms with Crippen molar-refractivity contribution in [2.45, 2.75) is 18.3 Å². The predicted octanol–water partition coefficient (Wildman–Crippen LogP) is 3.76. The molecule has 102 valence electrons. The molecule has 0 radical (unpaired) electrons. The van der Waals surface area contributed by atoms with Gasteiger partial charge in [-0.15, -0.1) is 0 Å². The van der Waals surface area contributed by atoms with Crippen LogP contribution in [0.2, 0.25) is 0 Å². The number of carbonyl (C=O) groups excluding carboxylic acids is 1. The van der Waals surface area contributed by atoms with Crippen LogP contribution in [0.5, 0.6) is 0 Å². The van der Waals surface area contributed by atoms with Crippen molar-refractivity contribution in [3.8, 4) is 6.07 Å². The topological polar surface area (TPSA) is 40.9 Å². The first-order chi connectivity index (χ1) is 10.2. The van der Waals surface area contributed by atoms with Gasteiger partial charge in [0, 0.05) is 11.8 Å². The highest BCUT2D eigenvalue weighted by atomic mass is 16.1. The number of benzene rings is 2. The highest BCUT2D eigenvalue weighted by Gasteiger charge is 2.36. The van der Waals surface area contributed by atoms with Gasteiger partial charge < -0.3 is 0 Å². The average molecular weight is 273 g/mol. The van der Waals surface area contributed by atoms with Crippen LogP contribution in [0.4, 0.5) is 0 Å². The summed E-state index contributed by atoms with van der Waals surface area (Å²) in [6, 6.07) is 19.9. The van der Waals surface area contributed by atoms with Crippen LogP contribution in [0.1, 0.15) is 29.5 Å². The molecule has 1 aliphatic rings. The van der Waals surface area contributed by atoms with Crippen molar-refractivity contribution in [2.75, 3.05) is 0 Å². The molecule has 21 heavy (non-hydrogen) atoms. The number of carbonyl (C=O) groups is 1. The Bertz CT molecular complexity index is 722. The number of hydrogen-bond donors (Lipinski definition) is 0. The van der Waals surface area contributed by atoms with E-state index in [0.717, 1.165) is 17.5 Å². The van der Waals surface area contributed by atoms with Gasteiger partial charge in [0.05, 0.1) is 11.6 Å². The van der Waals surface area contributed by atoms with E-state index in [9.17, 15) is 4.79 Å². The molecule has 1 aliphatic carbocycles. The second-order valence-corrected chi connectivity index (χ2v) is 5.39. The normalized spacial score (nSPS) is 21.0. The number of nitrogens with zero attached hydrogens (tertiary/aromatic N) is 1. The lowest BCUT2D eigenvalue weighted by Gasteiger charge is -2.35. The molecule has 0 aromatic heterocycles. The molecule has 2 aromatic carbocycles. The van der Waals surface area contributed by atoms with Crippen molar-refractivity contribution in [1.29, 1.82) is 5.26 Å². The summed E-state index contributed by atoms with van der Waals surface area (Å²) in [5.74, 6) is 0.148. The third-order valence-electron chi connectivity index (χ3n) is 4.14. The first-order valence-corrected chi connectivity index (χ1v) is 7.00. The molecule has 0 fully saturated rings. The molecule has 3 rings (SSSR count). The first kappa shape index (κ1) is 13.3. The Morgan fingerprint density at radius 2 is 1.62 bits per heavy atom. The Morgan fingerprint density at radius 3 is 2.24 bits per heavy atom. The molecule has 0 N–H and O–H groups in total. The lowest BCUT2D eigenvalue weighted by Crippen LogP contribution is -2.32. The van der Waals surface area contributed by atoms with E-state index in [4.69, 9.17) is 5.26 Å². The zero-order valence-corrected chi connectivity index (χ0v) is 11.6. The number of allylic oxidation sites excluding steroid dienone is 2. The Balaban J connectivity index is 2.14. The van der Waals surface area contributed by atoms with Gasteiger partial charge in [-0.2, -0.15) is 5.26 Å². The van der Waals surface area contributed by atoms with Gasteiger partial charge in [-0.05, 0) is 35.8 Å². The summed E-state index contributed by atoms with van der Waals surface area (Å²) < 4.78 is 0. The van der Waals surface area contributed by atoms with Gasteiger partial charge >= 0.3 is 0 Å². The Labute approximate surface area is 124 Å². The molecule has 2 nitrogen and oxygen atoms in total. The Kier molecular flexibility index (Phi) is 3.41. The van der Waals surface area contributed by atoms with Gasteiger partial charge in [0.2, 0.25) is 0 Å². The summed E-state index contributed by atoms with van der Waals surface area (Å²) in [7, 11) is 0. The molecule has 2 heteroatoms. The van der Waals surface area contributed by atoms with E-state index >= 15 is 0 Å².